The largest absolute Gasteiger partial charge is 0.481 e. The topological polar surface area (TPSA) is 291 Å². The molecule has 0 bridgehead atoms. The summed E-state index contributed by atoms with van der Waals surface area (Å²) >= 11 is 0. The zero-order valence-corrected chi connectivity index (χ0v) is 39.8. The zero-order chi connectivity index (χ0) is 48.5. The highest BCUT2D eigenvalue weighted by Crippen LogP contribution is 2.26. The highest BCUT2D eigenvalue weighted by atomic mass is 32.2. The molecule has 2 fully saturated rings. The molecule has 364 valence electrons. The van der Waals surface area contributed by atoms with Gasteiger partial charge in [-0.25, -0.2) is 36.8 Å². The molecule has 69 heavy (non-hydrogen) atoms. The number of aliphatic carboxylic acids is 1. The fraction of sp³-hybridized carbons (Fsp3) is 0.435. The van der Waals surface area contributed by atoms with E-state index in [1.165, 1.54) is 34.8 Å². The Labute approximate surface area is 399 Å². The van der Waals surface area contributed by atoms with Crippen LogP contribution >= 0.6 is 0 Å². The summed E-state index contributed by atoms with van der Waals surface area (Å²) in [6, 6.07) is 17.3. The predicted molar refractivity (Wildman–Crippen MR) is 253 cm³/mol. The summed E-state index contributed by atoms with van der Waals surface area (Å²) in [5.74, 6) is 1.37. The SMILES string of the molecule is CS(=O)(=O)CC1CCN(C(=O)Cc2nnc(-c3cnc(NC4Cc5ccccc5C4)nc3)o2)C1.CS(=O)(=O)CC1CCNC1.O=C(O)Cc1nnc(-c2cnc(NC3Cc4ccccc4C3)nc2)o1. The molecule has 2 aliphatic carbocycles. The van der Waals surface area contributed by atoms with Crippen LogP contribution in [0.2, 0.25) is 0 Å². The van der Waals surface area contributed by atoms with E-state index in [-0.39, 0.29) is 66.1 Å². The van der Waals surface area contributed by atoms with Crippen molar-refractivity contribution in [3.05, 3.63) is 107 Å². The van der Waals surface area contributed by atoms with Gasteiger partial charge in [-0.05, 0) is 85.7 Å². The summed E-state index contributed by atoms with van der Waals surface area (Å²) in [4.78, 5) is 42.2. The minimum absolute atomic E-state index is 0.0265. The first kappa shape index (κ1) is 48.7. The molecule has 6 aromatic rings. The summed E-state index contributed by atoms with van der Waals surface area (Å²) in [5.41, 5.74) is 6.53. The van der Waals surface area contributed by atoms with Gasteiger partial charge >= 0.3 is 5.97 Å². The molecule has 2 aromatic carbocycles. The number of hydrogen-bond donors (Lipinski definition) is 4. The quantitative estimate of drug-likeness (QED) is 0.122. The Hall–Kier alpha value is -6.72. The summed E-state index contributed by atoms with van der Waals surface area (Å²) < 4.78 is 55.5. The Bertz CT molecular complexity index is 2890. The third-order valence-corrected chi connectivity index (χ3v) is 14.1. The molecule has 2 atom stereocenters. The maximum Gasteiger partial charge on any atom is 0.312 e. The van der Waals surface area contributed by atoms with Crippen LogP contribution in [-0.4, -0.2) is 141 Å². The summed E-state index contributed by atoms with van der Waals surface area (Å²) in [7, 11) is -5.81. The Morgan fingerprint density at radius 2 is 1.12 bits per heavy atom. The standard InChI is InChI=1S/C23H26N6O4S.C17H15N5O3.C6H13NO2S/c1-34(31,32)14-15-6-7-29(13-15)21(30)10-20-27-28-22(33-20)18-11-24-23(25-12-18)26-19-8-16-4-2-3-5-17(16)9-19;23-15(24)7-14-21-22-16(25-14)12-8-18-17(19-9-12)20-13-5-10-3-1-2-4-11(10)6-13;1-10(8,9)5-6-2-3-7-4-6/h2-5,11-12,15,19H,6-10,13-14H2,1H3,(H,24,25,26);1-4,8-9,13H,5-7H2,(H,23,24)(H,18,19,20);6-7H,2-5H2,1H3. The number of amides is 1. The second kappa shape index (κ2) is 21.7. The minimum atomic E-state index is -3.06. The second-order valence-corrected chi connectivity index (χ2v) is 22.3. The lowest BCUT2D eigenvalue weighted by Crippen LogP contribution is -2.31. The van der Waals surface area contributed by atoms with Crippen molar-refractivity contribution in [3.8, 4) is 22.9 Å². The average Bonchev–Trinajstić information content (AvgIpc) is 4.17. The molecular weight excluding hydrogens is 929 g/mol. The van der Waals surface area contributed by atoms with Crippen LogP contribution in [0.3, 0.4) is 0 Å². The van der Waals surface area contributed by atoms with Crippen molar-refractivity contribution in [2.75, 3.05) is 60.8 Å². The number of carboxylic acids is 1. The number of carbonyl (C=O) groups is 2. The van der Waals surface area contributed by atoms with Crippen molar-refractivity contribution >= 4 is 43.4 Å². The van der Waals surface area contributed by atoms with Gasteiger partial charge in [0.25, 0.3) is 11.8 Å². The summed E-state index contributed by atoms with van der Waals surface area (Å²) in [6.07, 6.45) is 14.0. The molecule has 2 aliphatic heterocycles. The van der Waals surface area contributed by atoms with Crippen LogP contribution < -0.4 is 16.0 Å². The molecule has 2 unspecified atom stereocenters. The average molecular weight is 983 g/mol. The van der Waals surface area contributed by atoms with E-state index < -0.39 is 25.6 Å². The Morgan fingerprint density at radius 1 is 0.667 bits per heavy atom. The monoisotopic (exact) mass is 982 g/mol. The summed E-state index contributed by atoms with van der Waals surface area (Å²) in [6.45, 7) is 2.81. The number of aromatic nitrogens is 8. The van der Waals surface area contributed by atoms with E-state index in [1.54, 1.807) is 29.7 Å². The number of nitrogens with zero attached hydrogens (tertiary/aromatic N) is 9. The normalized spacial score (nSPS) is 17.9. The van der Waals surface area contributed by atoms with E-state index in [0.29, 0.717) is 54.2 Å². The van der Waals surface area contributed by atoms with Crippen LogP contribution in [0.5, 0.6) is 0 Å². The van der Waals surface area contributed by atoms with Crippen LogP contribution in [0.15, 0.2) is 82.2 Å². The highest BCUT2D eigenvalue weighted by Gasteiger charge is 2.30. The Morgan fingerprint density at radius 3 is 1.54 bits per heavy atom. The van der Waals surface area contributed by atoms with Crippen molar-refractivity contribution in [3.63, 3.8) is 0 Å². The molecule has 21 nitrogen and oxygen atoms in total. The Kier molecular flexibility index (Phi) is 15.3. The van der Waals surface area contributed by atoms with Gasteiger partial charge in [-0.1, -0.05) is 48.5 Å². The van der Waals surface area contributed by atoms with Gasteiger partial charge in [-0.2, -0.15) is 0 Å². The van der Waals surface area contributed by atoms with Crippen molar-refractivity contribution in [1.82, 2.24) is 50.5 Å². The number of hydrogen-bond acceptors (Lipinski definition) is 19. The van der Waals surface area contributed by atoms with E-state index in [2.05, 4.69) is 105 Å². The number of rotatable bonds is 14. The molecular formula is C46H54N12O9S2. The lowest BCUT2D eigenvalue weighted by atomic mass is 10.1. The van der Waals surface area contributed by atoms with Gasteiger partial charge in [0.2, 0.25) is 29.6 Å². The molecule has 2 saturated heterocycles. The van der Waals surface area contributed by atoms with Crippen molar-refractivity contribution < 1.29 is 40.4 Å². The van der Waals surface area contributed by atoms with Gasteiger partial charge in [-0.3, -0.25) is 9.59 Å². The molecule has 23 heteroatoms. The lowest BCUT2D eigenvalue weighted by Gasteiger charge is -2.15. The number of carbonyl (C=O) groups excluding carboxylic acids is 1. The van der Waals surface area contributed by atoms with Gasteiger partial charge in [0.1, 0.15) is 32.5 Å². The van der Waals surface area contributed by atoms with E-state index >= 15 is 0 Å². The van der Waals surface area contributed by atoms with Crippen LogP contribution in [0.4, 0.5) is 11.9 Å². The molecule has 4 aliphatic rings. The molecule has 0 spiro atoms. The molecule has 4 aromatic heterocycles. The van der Waals surface area contributed by atoms with Gasteiger partial charge < -0.3 is 34.8 Å². The third-order valence-electron chi connectivity index (χ3n) is 12.0. The van der Waals surface area contributed by atoms with Crippen LogP contribution in [0.1, 0.15) is 46.9 Å². The van der Waals surface area contributed by atoms with E-state index in [4.69, 9.17) is 13.9 Å². The minimum Gasteiger partial charge on any atom is -0.481 e. The van der Waals surface area contributed by atoms with Gasteiger partial charge in [0.05, 0.1) is 22.6 Å². The van der Waals surface area contributed by atoms with Gasteiger partial charge in [0, 0.05) is 62.5 Å². The number of benzene rings is 2. The van der Waals surface area contributed by atoms with E-state index in [9.17, 15) is 26.4 Å². The molecule has 4 N–H and O–H groups in total. The van der Waals surface area contributed by atoms with E-state index in [1.807, 2.05) is 0 Å². The first-order valence-electron chi connectivity index (χ1n) is 22.6. The van der Waals surface area contributed by atoms with Crippen molar-refractivity contribution in [2.45, 2.75) is 63.5 Å². The number of anilines is 2. The first-order valence-corrected chi connectivity index (χ1v) is 26.7. The first-order chi connectivity index (χ1) is 33.1. The zero-order valence-electron chi connectivity index (χ0n) is 38.2. The van der Waals surface area contributed by atoms with Gasteiger partial charge in [0.15, 0.2) is 0 Å². The molecule has 6 heterocycles. The van der Waals surface area contributed by atoms with Crippen molar-refractivity contribution in [2.24, 2.45) is 11.8 Å². The number of likely N-dealkylation sites (tertiary alicyclic amines) is 1. The number of fused-ring (bicyclic) bond motifs is 2. The number of nitrogens with one attached hydrogen (secondary N) is 3. The second-order valence-electron chi connectivity index (χ2n) is 17.9. The number of sulfone groups is 2. The number of carboxylic acid groups (broad SMARTS) is 1. The molecule has 0 saturated carbocycles. The maximum absolute atomic E-state index is 12.6. The lowest BCUT2D eigenvalue weighted by molar-refractivity contribution is -0.136. The summed E-state index contributed by atoms with van der Waals surface area (Å²) in [5, 5.41) is 34.1. The molecule has 0 radical (unpaired) electrons. The van der Waals surface area contributed by atoms with Crippen LogP contribution in [0, 0.1) is 11.8 Å². The van der Waals surface area contributed by atoms with E-state index in [0.717, 1.165) is 45.2 Å². The van der Waals surface area contributed by atoms with Gasteiger partial charge in [-0.15, -0.1) is 20.4 Å². The predicted octanol–water partition coefficient (Wildman–Crippen LogP) is 2.92. The fourth-order valence-electron chi connectivity index (χ4n) is 8.88. The van der Waals surface area contributed by atoms with Crippen molar-refractivity contribution in [1.29, 1.82) is 0 Å². The fourth-order valence-corrected chi connectivity index (χ4v) is 11.1. The Balaban J connectivity index is 0.000000160. The highest BCUT2D eigenvalue weighted by molar-refractivity contribution is 7.90. The van der Waals surface area contributed by atoms with Crippen LogP contribution in [0.25, 0.3) is 22.9 Å². The third kappa shape index (κ3) is 14.2. The molecule has 1 amide bonds. The maximum atomic E-state index is 12.6. The van der Waals surface area contributed by atoms with Crippen LogP contribution in [-0.2, 0) is 67.8 Å². The smallest absolute Gasteiger partial charge is 0.312 e. The molecule has 10 rings (SSSR count).